The van der Waals surface area contributed by atoms with Crippen molar-refractivity contribution in [2.24, 2.45) is 0 Å². The highest BCUT2D eigenvalue weighted by molar-refractivity contribution is 7.91. The van der Waals surface area contributed by atoms with Crippen molar-refractivity contribution in [1.29, 1.82) is 0 Å². The normalized spacial score (nSPS) is 12.2. The van der Waals surface area contributed by atoms with Crippen LogP contribution in [0.15, 0.2) is 53.4 Å². The van der Waals surface area contributed by atoms with Crippen molar-refractivity contribution in [2.75, 3.05) is 23.3 Å². The Kier molecular flexibility index (Phi) is 9.00. The monoisotopic (exact) mass is 501 g/mol. The predicted molar refractivity (Wildman–Crippen MR) is 122 cm³/mol. The number of carbonyl (C=O) groups is 1. The molecule has 0 N–H and O–H groups in total. The molecule has 0 amide bonds. The molecule has 0 fully saturated rings. The molecule has 0 aliphatic heterocycles. The third-order valence-electron chi connectivity index (χ3n) is 4.25. The Morgan fingerprint density at radius 1 is 0.935 bits per heavy atom. The fourth-order valence-electron chi connectivity index (χ4n) is 2.69. The van der Waals surface area contributed by atoms with E-state index in [4.69, 9.17) is 23.2 Å². The molecular formula is C21H19Cl2O6S2. The van der Waals surface area contributed by atoms with Gasteiger partial charge in [-0.3, -0.25) is 9.59 Å². The highest BCUT2D eigenvalue weighted by Gasteiger charge is 2.16. The van der Waals surface area contributed by atoms with Crippen molar-refractivity contribution in [1.82, 2.24) is 0 Å². The standard InChI is InChI=1S/C21H19Cl2O6S2/c22-9-11-30(26,27)15-17-1-5-18(14-24)20(13-17)21(25)8-4-16-2-6-19(7-3-16)31(28,29)12-10-23/h1-8,13H,9-12,15H2. The summed E-state index contributed by atoms with van der Waals surface area (Å²) in [7, 11) is -6.90. The first-order chi connectivity index (χ1) is 14.6. The summed E-state index contributed by atoms with van der Waals surface area (Å²) in [5.41, 5.74) is 0.951. The molecule has 2 aromatic carbocycles. The van der Waals surface area contributed by atoms with Crippen LogP contribution in [0.5, 0.6) is 0 Å². The molecule has 0 heterocycles. The zero-order valence-electron chi connectivity index (χ0n) is 16.3. The zero-order chi connectivity index (χ0) is 23.1. The van der Waals surface area contributed by atoms with Gasteiger partial charge in [-0.05, 0) is 41.5 Å². The van der Waals surface area contributed by atoms with E-state index in [0.717, 1.165) is 0 Å². The second-order valence-corrected chi connectivity index (χ2v) is 11.6. The summed E-state index contributed by atoms with van der Waals surface area (Å²) in [5, 5.41) is 0. The number of rotatable bonds is 11. The van der Waals surface area contributed by atoms with Crippen LogP contribution in [0.1, 0.15) is 27.0 Å². The van der Waals surface area contributed by atoms with E-state index >= 15 is 0 Å². The third kappa shape index (κ3) is 7.28. The maximum absolute atomic E-state index is 12.6. The molecule has 0 atom stereocenters. The number of hydrogen-bond acceptors (Lipinski definition) is 6. The molecule has 2 aromatic rings. The summed E-state index contributed by atoms with van der Waals surface area (Å²) in [6.07, 6.45) is 4.35. The van der Waals surface area contributed by atoms with Gasteiger partial charge in [0.1, 0.15) is 0 Å². The van der Waals surface area contributed by atoms with Crippen molar-refractivity contribution < 1.29 is 26.4 Å². The van der Waals surface area contributed by atoms with Gasteiger partial charge in [-0.15, -0.1) is 23.2 Å². The first-order valence-corrected chi connectivity index (χ1v) is 13.5. The Bertz CT molecular complexity index is 1180. The van der Waals surface area contributed by atoms with E-state index < -0.39 is 25.5 Å². The lowest BCUT2D eigenvalue weighted by atomic mass is 10.0. The molecule has 0 spiro atoms. The van der Waals surface area contributed by atoms with Crippen LogP contribution in [0.4, 0.5) is 0 Å². The van der Waals surface area contributed by atoms with Gasteiger partial charge < -0.3 is 0 Å². The Morgan fingerprint density at radius 3 is 2.16 bits per heavy atom. The van der Waals surface area contributed by atoms with Crippen molar-refractivity contribution in [3.8, 4) is 0 Å². The lowest BCUT2D eigenvalue weighted by molar-refractivity contribution is 0.104. The quantitative estimate of drug-likeness (QED) is 0.266. The maximum Gasteiger partial charge on any atom is 0.234 e. The molecule has 31 heavy (non-hydrogen) atoms. The number of allylic oxidation sites excluding steroid dienone is 1. The first kappa shape index (κ1) is 25.3. The highest BCUT2D eigenvalue weighted by atomic mass is 35.5. The van der Waals surface area contributed by atoms with Gasteiger partial charge in [-0.1, -0.05) is 24.3 Å². The Morgan fingerprint density at radius 2 is 1.58 bits per heavy atom. The van der Waals surface area contributed by atoms with E-state index in [1.165, 1.54) is 54.6 Å². The summed E-state index contributed by atoms with van der Waals surface area (Å²) >= 11 is 11.0. The number of ketones is 1. The zero-order valence-corrected chi connectivity index (χ0v) is 19.4. The molecule has 0 aliphatic rings. The average Bonchev–Trinajstić information content (AvgIpc) is 2.72. The molecule has 0 saturated heterocycles. The average molecular weight is 502 g/mol. The van der Waals surface area contributed by atoms with E-state index in [9.17, 15) is 26.4 Å². The summed E-state index contributed by atoms with van der Waals surface area (Å²) in [5.74, 6) is -1.25. The molecule has 0 aromatic heterocycles. The first-order valence-electron chi connectivity index (χ1n) is 9.00. The van der Waals surface area contributed by atoms with Crippen LogP contribution in [0.2, 0.25) is 0 Å². The summed E-state index contributed by atoms with van der Waals surface area (Å²) in [6.45, 7) is 0. The highest BCUT2D eigenvalue weighted by Crippen LogP contribution is 2.17. The minimum Gasteiger partial charge on any atom is -0.289 e. The van der Waals surface area contributed by atoms with Gasteiger partial charge in [0.05, 0.1) is 22.2 Å². The molecule has 0 unspecified atom stereocenters. The molecular weight excluding hydrogens is 483 g/mol. The molecule has 6 nitrogen and oxygen atoms in total. The van der Waals surface area contributed by atoms with E-state index in [1.807, 2.05) is 0 Å². The summed E-state index contributed by atoms with van der Waals surface area (Å²) in [6, 6.07) is 10.0. The van der Waals surface area contributed by atoms with Crippen LogP contribution >= 0.6 is 23.2 Å². The number of carbonyl (C=O) groups excluding carboxylic acids is 2. The summed E-state index contributed by atoms with van der Waals surface area (Å²) < 4.78 is 47.9. The molecule has 0 saturated carbocycles. The third-order valence-corrected chi connectivity index (χ3v) is 8.40. The van der Waals surface area contributed by atoms with Crippen LogP contribution in [-0.2, 0) is 30.2 Å². The van der Waals surface area contributed by atoms with E-state index in [0.29, 0.717) is 11.1 Å². The smallest absolute Gasteiger partial charge is 0.234 e. The van der Waals surface area contributed by atoms with Crippen molar-refractivity contribution >= 4 is 61.0 Å². The number of sulfone groups is 2. The molecule has 165 valence electrons. The van der Waals surface area contributed by atoms with Gasteiger partial charge in [0, 0.05) is 22.9 Å². The minimum atomic E-state index is -3.46. The number of halogens is 2. The van der Waals surface area contributed by atoms with E-state index in [2.05, 4.69) is 0 Å². The van der Waals surface area contributed by atoms with Crippen LogP contribution in [0.3, 0.4) is 0 Å². The molecule has 10 heteroatoms. The number of hydrogen-bond donors (Lipinski definition) is 0. The Labute approximate surface area is 191 Å². The Balaban J connectivity index is 2.25. The van der Waals surface area contributed by atoms with Crippen molar-refractivity contribution in [3.63, 3.8) is 0 Å². The second-order valence-electron chi connectivity index (χ2n) is 6.54. The molecule has 0 aliphatic carbocycles. The van der Waals surface area contributed by atoms with E-state index in [1.54, 1.807) is 6.29 Å². The predicted octanol–water partition coefficient (Wildman–Crippen LogP) is 3.21. The molecule has 1 radical (unpaired) electrons. The van der Waals surface area contributed by atoms with E-state index in [-0.39, 0.29) is 45.0 Å². The van der Waals surface area contributed by atoms with Crippen molar-refractivity contribution in [2.45, 2.75) is 10.6 Å². The van der Waals surface area contributed by atoms with Gasteiger partial charge in [0.2, 0.25) is 6.29 Å². The van der Waals surface area contributed by atoms with Crippen molar-refractivity contribution in [3.05, 3.63) is 70.8 Å². The van der Waals surface area contributed by atoms with Crippen LogP contribution < -0.4 is 0 Å². The lowest BCUT2D eigenvalue weighted by Crippen LogP contribution is -2.11. The van der Waals surface area contributed by atoms with Gasteiger partial charge in [-0.2, -0.15) is 0 Å². The van der Waals surface area contributed by atoms with Crippen LogP contribution in [0, 0.1) is 0 Å². The van der Waals surface area contributed by atoms with Gasteiger partial charge >= 0.3 is 0 Å². The van der Waals surface area contributed by atoms with Gasteiger partial charge in [-0.25, -0.2) is 16.8 Å². The number of benzene rings is 2. The minimum absolute atomic E-state index is 0.00987. The number of alkyl halides is 2. The topological polar surface area (TPSA) is 102 Å². The lowest BCUT2D eigenvalue weighted by Gasteiger charge is -2.06. The van der Waals surface area contributed by atoms with Gasteiger partial charge in [0.25, 0.3) is 0 Å². The SMILES string of the molecule is O=[C]c1ccc(CS(=O)(=O)CCCl)cc1C(=O)C=Cc1ccc(S(=O)(=O)CCCl)cc1. The summed E-state index contributed by atoms with van der Waals surface area (Å²) in [4.78, 5) is 23.9. The maximum atomic E-state index is 12.6. The Hall–Kier alpha value is -2.00. The molecule has 0 bridgehead atoms. The van der Waals surface area contributed by atoms with Crippen LogP contribution in [0.25, 0.3) is 6.08 Å². The van der Waals surface area contributed by atoms with Crippen LogP contribution in [-0.4, -0.2) is 52.2 Å². The largest absolute Gasteiger partial charge is 0.289 e. The van der Waals surface area contributed by atoms with Gasteiger partial charge in [0.15, 0.2) is 25.5 Å². The fraction of sp³-hybridized carbons (Fsp3) is 0.238. The molecule has 2 rings (SSSR count). The fourth-order valence-corrected chi connectivity index (χ4v) is 6.06. The second kappa shape index (κ2) is 11.0.